The highest BCUT2D eigenvalue weighted by atomic mass is 15.2. The number of piperazine rings is 1. The molecule has 1 aromatic carbocycles. The number of benzene rings is 1. The Bertz CT molecular complexity index is 1050. The minimum Gasteiger partial charge on any atom is -0.360 e. The lowest BCUT2D eigenvalue weighted by Crippen LogP contribution is -2.44. The summed E-state index contributed by atoms with van der Waals surface area (Å²) in [5.41, 5.74) is 3.59. The molecule has 0 bridgehead atoms. The van der Waals surface area contributed by atoms with Crippen molar-refractivity contribution in [1.82, 2.24) is 20.5 Å². The molecule has 33 heavy (non-hydrogen) atoms. The van der Waals surface area contributed by atoms with E-state index in [4.69, 9.17) is 10.4 Å². The van der Waals surface area contributed by atoms with Gasteiger partial charge in [-0.2, -0.15) is 0 Å². The van der Waals surface area contributed by atoms with Gasteiger partial charge in [0.05, 0.1) is 24.3 Å². The first-order chi connectivity index (χ1) is 16.2. The molecule has 4 heterocycles. The highest BCUT2D eigenvalue weighted by Gasteiger charge is 2.27. The lowest BCUT2D eigenvalue weighted by molar-refractivity contribution is 0.400. The zero-order valence-electron chi connectivity index (χ0n) is 19.3. The molecule has 2 atom stereocenters. The summed E-state index contributed by atoms with van der Waals surface area (Å²) in [6.45, 7) is 7.69. The number of hydrogen-bond acceptors (Lipinski definition) is 6. The van der Waals surface area contributed by atoms with E-state index in [1.54, 1.807) is 0 Å². The lowest BCUT2D eigenvalue weighted by Gasteiger charge is -2.29. The van der Waals surface area contributed by atoms with Crippen molar-refractivity contribution in [1.29, 1.82) is 5.41 Å². The molecule has 3 aliphatic heterocycles. The molecule has 2 fully saturated rings. The Morgan fingerprint density at radius 2 is 1.97 bits per heavy atom. The second-order valence-electron chi connectivity index (χ2n) is 9.06. The van der Waals surface area contributed by atoms with Crippen LogP contribution in [0.5, 0.6) is 0 Å². The molecular formula is C26H33N7. The van der Waals surface area contributed by atoms with Crippen molar-refractivity contribution >= 4 is 17.5 Å². The van der Waals surface area contributed by atoms with Gasteiger partial charge in [0, 0.05) is 32.7 Å². The Morgan fingerprint density at radius 1 is 1.12 bits per heavy atom. The van der Waals surface area contributed by atoms with Crippen molar-refractivity contribution in [3.63, 3.8) is 0 Å². The van der Waals surface area contributed by atoms with Crippen LogP contribution in [-0.4, -0.2) is 60.8 Å². The lowest BCUT2D eigenvalue weighted by atomic mass is 10.0. The van der Waals surface area contributed by atoms with Crippen LogP contribution in [0.25, 0.3) is 0 Å². The molecule has 2 unspecified atom stereocenters. The smallest absolute Gasteiger partial charge is 0.128 e. The van der Waals surface area contributed by atoms with Crippen LogP contribution in [0.3, 0.4) is 0 Å². The minimum absolute atomic E-state index is 0.0773. The molecule has 3 N–H and O–H groups in total. The van der Waals surface area contributed by atoms with E-state index < -0.39 is 0 Å². The Morgan fingerprint density at radius 3 is 2.82 bits per heavy atom. The standard InChI is InChI=1S/C26H33N7/c1-19-5-2-6-20(17-19)23-8-4-14-33(23)24(27)10-11-25-29-18-22(30-25)21-7-3-9-26(31-21)32-15-12-28-13-16-32/h2-3,5-7,9-11,17,22-23,27-28H,4,8,12-16,18H2,1H3,(H,29,30)/b11-10-,27-24?. The van der Waals surface area contributed by atoms with Gasteiger partial charge >= 0.3 is 0 Å². The van der Waals surface area contributed by atoms with Crippen molar-refractivity contribution in [2.45, 2.75) is 31.8 Å². The Balaban J connectivity index is 1.20. The molecule has 0 radical (unpaired) electrons. The number of nitrogens with zero attached hydrogens (tertiary/aromatic N) is 4. The fourth-order valence-electron chi connectivity index (χ4n) is 4.96. The van der Waals surface area contributed by atoms with Crippen LogP contribution in [0, 0.1) is 12.3 Å². The van der Waals surface area contributed by atoms with Gasteiger partial charge in [-0.3, -0.25) is 10.4 Å². The van der Waals surface area contributed by atoms with Crippen molar-refractivity contribution in [3.8, 4) is 0 Å². The number of rotatable bonds is 5. The predicted molar refractivity (Wildman–Crippen MR) is 134 cm³/mol. The van der Waals surface area contributed by atoms with Gasteiger partial charge in [-0.15, -0.1) is 0 Å². The van der Waals surface area contributed by atoms with Crippen LogP contribution in [0.15, 0.2) is 59.6 Å². The quantitative estimate of drug-likeness (QED) is 0.489. The summed E-state index contributed by atoms with van der Waals surface area (Å²) >= 11 is 0. The molecule has 172 valence electrons. The second kappa shape index (κ2) is 9.75. The number of nitrogens with one attached hydrogen (secondary N) is 3. The largest absolute Gasteiger partial charge is 0.360 e. The molecule has 7 heteroatoms. The zero-order valence-corrected chi connectivity index (χ0v) is 19.3. The molecule has 5 rings (SSSR count). The molecule has 0 amide bonds. The second-order valence-corrected chi connectivity index (χ2v) is 9.06. The summed E-state index contributed by atoms with van der Waals surface area (Å²) in [4.78, 5) is 14.1. The Hall–Kier alpha value is -3.19. The maximum atomic E-state index is 8.67. The topological polar surface area (TPSA) is 79.6 Å². The van der Waals surface area contributed by atoms with Crippen LogP contribution in [0.4, 0.5) is 5.82 Å². The summed E-state index contributed by atoms with van der Waals surface area (Å²) in [6, 6.07) is 15.3. The van der Waals surface area contributed by atoms with Gasteiger partial charge in [-0.05, 0) is 49.6 Å². The molecule has 1 aromatic heterocycles. The highest BCUT2D eigenvalue weighted by molar-refractivity contribution is 6.01. The summed E-state index contributed by atoms with van der Waals surface area (Å²) in [5, 5.41) is 15.5. The Kier molecular flexibility index (Phi) is 6.39. The molecule has 2 saturated heterocycles. The summed E-state index contributed by atoms with van der Waals surface area (Å²) in [7, 11) is 0. The number of anilines is 1. The number of hydrogen-bond donors (Lipinski definition) is 3. The number of pyridine rings is 1. The molecule has 0 spiro atoms. The van der Waals surface area contributed by atoms with Crippen LogP contribution in [0.2, 0.25) is 0 Å². The summed E-state index contributed by atoms with van der Waals surface area (Å²) in [6.07, 6.45) is 6.03. The van der Waals surface area contributed by atoms with Gasteiger partial charge < -0.3 is 20.4 Å². The molecular weight excluding hydrogens is 410 g/mol. The van der Waals surface area contributed by atoms with E-state index in [2.05, 4.69) is 74.8 Å². The van der Waals surface area contributed by atoms with E-state index in [1.165, 1.54) is 11.1 Å². The third kappa shape index (κ3) is 4.93. The monoisotopic (exact) mass is 443 g/mol. The molecule has 2 aromatic rings. The SMILES string of the molecule is Cc1cccc(C2CCCN2C(=N)/C=C\C2=NCC(c3cccc(N4CCNCC4)n3)N2)c1. The van der Waals surface area contributed by atoms with Crippen molar-refractivity contribution in [2.75, 3.05) is 44.2 Å². The summed E-state index contributed by atoms with van der Waals surface area (Å²) < 4.78 is 0. The van der Waals surface area contributed by atoms with Gasteiger partial charge in [0.1, 0.15) is 17.5 Å². The van der Waals surface area contributed by atoms with Crippen LogP contribution < -0.4 is 15.5 Å². The van der Waals surface area contributed by atoms with E-state index in [0.717, 1.165) is 62.9 Å². The van der Waals surface area contributed by atoms with Gasteiger partial charge in [0.2, 0.25) is 0 Å². The fourth-order valence-corrected chi connectivity index (χ4v) is 4.96. The number of amidine groups is 2. The highest BCUT2D eigenvalue weighted by Crippen LogP contribution is 2.32. The zero-order chi connectivity index (χ0) is 22.6. The maximum absolute atomic E-state index is 8.67. The molecule has 0 saturated carbocycles. The first-order valence-electron chi connectivity index (χ1n) is 12.0. The van der Waals surface area contributed by atoms with E-state index in [1.807, 2.05) is 12.2 Å². The minimum atomic E-state index is 0.0773. The number of aliphatic imine (C=N–C) groups is 1. The predicted octanol–water partition coefficient (Wildman–Crippen LogP) is 3.21. The third-order valence-corrected chi connectivity index (χ3v) is 6.71. The van der Waals surface area contributed by atoms with E-state index >= 15 is 0 Å². The van der Waals surface area contributed by atoms with E-state index in [0.29, 0.717) is 12.4 Å². The molecule has 7 nitrogen and oxygen atoms in total. The van der Waals surface area contributed by atoms with Crippen LogP contribution in [-0.2, 0) is 0 Å². The van der Waals surface area contributed by atoms with Gasteiger partial charge in [-0.1, -0.05) is 35.9 Å². The fraction of sp³-hybridized carbons (Fsp3) is 0.423. The third-order valence-electron chi connectivity index (χ3n) is 6.71. The first-order valence-corrected chi connectivity index (χ1v) is 12.0. The van der Waals surface area contributed by atoms with Crippen LogP contribution >= 0.6 is 0 Å². The van der Waals surface area contributed by atoms with Crippen molar-refractivity contribution < 1.29 is 0 Å². The van der Waals surface area contributed by atoms with Gasteiger partial charge in [0.25, 0.3) is 0 Å². The number of aryl methyl sites for hydroxylation is 1. The van der Waals surface area contributed by atoms with Gasteiger partial charge in [0.15, 0.2) is 0 Å². The Labute approximate surface area is 196 Å². The van der Waals surface area contributed by atoms with E-state index in [9.17, 15) is 0 Å². The maximum Gasteiger partial charge on any atom is 0.128 e. The average Bonchev–Trinajstić information content (AvgIpc) is 3.53. The summed E-state index contributed by atoms with van der Waals surface area (Å²) in [5.74, 6) is 2.41. The van der Waals surface area contributed by atoms with Crippen molar-refractivity contribution in [2.24, 2.45) is 4.99 Å². The number of aromatic nitrogens is 1. The van der Waals surface area contributed by atoms with Crippen molar-refractivity contribution in [3.05, 3.63) is 71.4 Å². The number of likely N-dealkylation sites (tertiary alicyclic amines) is 1. The normalized spacial score (nSPS) is 23.1. The molecule has 3 aliphatic rings. The van der Waals surface area contributed by atoms with Crippen LogP contribution in [0.1, 0.15) is 41.7 Å². The average molecular weight is 444 g/mol. The molecule has 0 aliphatic carbocycles. The first kappa shape index (κ1) is 21.6. The van der Waals surface area contributed by atoms with Gasteiger partial charge in [-0.25, -0.2) is 4.98 Å². The van der Waals surface area contributed by atoms with E-state index in [-0.39, 0.29) is 12.1 Å².